The van der Waals surface area contributed by atoms with Gasteiger partial charge in [-0.15, -0.1) is 0 Å². The van der Waals surface area contributed by atoms with Gasteiger partial charge in [0.15, 0.2) is 5.17 Å². The molecule has 1 aromatic rings. The first-order valence-electron chi connectivity index (χ1n) is 12.1. The van der Waals surface area contributed by atoms with Crippen molar-refractivity contribution in [2.24, 2.45) is 4.99 Å². The molecule has 1 aromatic carbocycles. The van der Waals surface area contributed by atoms with Crippen LogP contribution in [-0.4, -0.2) is 84.7 Å². The van der Waals surface area contributed by atoms with Crippen LogP contribution in [0.2, 0.25) is 0 Å². The van der Waals surface area contributed by atoms with Crippen LogP contribution in [0.25, 0.3) is 0 Å². The third kappa shape index (κ3) is 5.46. The zero-order chi connectivity index (χ0) is 26.7. The number of esters is 1. The van der Waals surface area contributed by atoms with Crippen molar-refractivity contribution in [1.82, 2.24) is 14.7 Å². The number of carbonyl (C=O) groups excluding carboxylic acids is 3. The number of amidine groups is 1. The fraction of sp³-hybridized carbons (Fsp3) is 0.462. The van der Waals surface area contributed by atoms with Gasteiger partial charge in [-0.25, -0.2) is 9.79 Å². The molecule has 1 atom stereocenters. The minimum absolute atomic E-state index is 0.0152. The second-order valence-electron chi connectivity index (χ2n) is 8.82. The molecule has 3 aliphatic heterocycles. The molecule has 4 rings (SSSR count). The Labute approximate surface area is 220 Å². The Morgan fingerprint density at radius 1 is 1.03 bits per heavy atom. The minimum atomic E-state index is -0.584. The number of thioether (sulfide) groups is 1. The van der Waals surface area contributed by atoms with E-state index < -0.39 is 12.0 Å². The summed E-state index contributed by atoms with van der Waals surface area (Å²) >= 11 is 1.42. The number of aliphatic imine (C=N–C) groups is 1. The summed E-state index contributed by atoms with van der Waals surface area (Å²) in [5, 5.41) is 2.59. The molecule has 11 heteroatoms. The molecule has 10 nitrogen and oxygen atoms in total. The highest BCUT2D eigenvalue weighted by atomic mass is 32.2. The standard InChI is InChI=1S/C26H32N4O6S/c1-6-36-25(33)23-16(2)27-26-30(24(23)18-11-20(34-4)14-21(12-18)35-5)19(15-37-26)13-22(32)29-9-7-28(8-10-29)17(3)31/h11-12,14-15,24H,6-10,13H2,1-5H3. The molecule has 0 aliphatic carbocycles. The van der Waals surface area contributed by atoms with Gasteiger partial charge in [0.2, 0.25) is 11.8 Å². The molecule has 0 N–H and O–H groups in total. The predicted octanol–water partition coefficient (Wildman–Crippen LogP) is 2.92. The van der Waals surface area contributed by atoms with E-state index in [0.717, 1.165) is 11.3 Å². The van der Waals surface area contributed by atoms with Gasteiger partial charge in [0.05, 0.1) is 44.6 Å². The molecule has 3 heterocycles. The molecule has 1 unspecified atom stereocenters. The fourth-order valence-electron chi connectivity index (χ4n) is 4.68. The second-order valence-corrected chi connectivity index (χ2v) is 9.66. The number of fused-ring (bicyclic) bond motifs is 1. The maximum atomic E-state index is 13.3. The monoisotopic (exact) mass is 528 g/mol. The first-order chi connectivity index (χ1) is 17.8. The lowest BCUT2D eigenvalue weighted by molar-refractivity contribution is -0.139. The van der Waals surface area contributed by atoms with E-state index in [0.29, 0.717) is 54.1 Å². The largest absolute Gasteiger partial charge is 0.497 e. The van der Waals surface area contributed by atoms with Gasteiger partial charge >= 0.3 is 5.97 Å². The molecule has 0 radical (unpaired) electrons. The Balaban J connectivity index is 1.67. The number of piperazine rings is 1. The van der Waals surface area contributed by atoms with E-state index in [2.05, 4.69) is 4.99 Å². The Hall–Kier alpha value is -3.47. The molecule has 3 aliphatic rings. The van der Waals surface area contributed by atoms with Gasteiger partial charge in [-0.1, -0.05) is 11.8 Å². The quantitative estimate of drug-likeness (QED) is 0.498. The number of hydrogen-bond donors (Lipinski definition) is 0. The normalized spacial score (nSPS) is 19.3. The molecule has 0 saturated carbocycles. The number of rotatable bonds is 7. The maximum Gasteiger partial charge on any atom is 0.338 e. The second kappa shape index (κ2) is 11.3. The Morgan fingerprint density at radius 2 is 1.65 bits per heavy atom. The summed E-state index contributed by atoms with van der Waals surface area (Å²) in [7, 11) is 3.14. The van der Waals surface area contributed by atoms with Crippen molar-refractivity contribution in [1.29, 1.82) is 0 Å². The molecule has 1 saturated heterocycles. The van der Waals surface area contributed by atoms with Crippen molar-refractivity contribution in [3.05, 3.63) is 46.1 Å². The first-order valence-corrected chi connectivity index (χ1v) is 13.0. The van der Waals surface area contributed by atoms with Crippen molar-refractivity contribution in [3.63, 3.8) is 0 Å². The van der Waals surface area contributed by atoms with E-state index in [4.69, 9.17) is 14.2 Å². The van der Waals surface area contributed by atoms with Gasteiger partial charge in [0.25, 0.3) is 0 Å². The number of benzene rings is 1. The Morgan fingerprint density at radius 3 is 2.22 bits per heavy atom. The van der Waals surface area contributed by atoms with Crippen molar-refractivity contribution in [2.75, 3.05) is 47.0 Å². The number of amides is 2. The van der Waals surface area contributed by atoms with E-state index in [1.807, 2.05) is 22.4 Å². The molecule has 1 fully saturated rings. The van der Waals surface area contributed by atoms with Gasteiger partial charge in [-0.05, 0) is 37.0 Å². The number of ether oxygens (including phenoxy) is 3. The lowest BCUT2D eigenvalue weighted by Gasteiger charge is -2.38. The number of nitrogens with zero attached hydrogens (tertiary/aromatic N) is 4. The summed E-state index contributed by atoms with van der Waals surface area (Å²) in [4.78, 5) is 48.3. The van der Waals surface area contributed by atoms with Gasteiger partial charge < -0.3 is 28.9 Å². The molecule has 2 amide bonds. The van der Waals surface area contributed by atoms with Crippen LogP contribution in [0.3, 0.4) is 0 Å². The number of methoxy groups -OCH3 is 2. The number of allylic oxidation sites excluding steroid dienone is 1. The fourth-order valence-corrected chi connectivity index (χ4v) is 5.64. The molecule has 0 spiro atoms. The van der Waals surface area contributed by atoms with Crippen molar-refractivity contribution in [3.8, 4) is 11.5 Å². The predicted molar refractivity (Wildman–Crippen MR) is 140 cm³/mol. The van der Waals surface area contributed by atoms with Crippen LogP contribution in [0.4, 0.5) is 0 Å². The maximum absolute atomic E-state index is 13.3. The summed E-state index contributed by atoms with van der Waals surface area (Å²) in [6, 6.07) is 4.89. The highest BCUT2D eigenvalue weighted by Crippen LogP contribution is 2.46. The lowest BCUT2D eigenvalue weighted by atomic mass is 9.93. The summed E-state index contributed by atoms with van der Waals surface area (Å²) in [5.74, 6) is 0.674. The molecule has 0 bridgehead atoms. The van der Waals surface area contributed by atoms with Gasteiger partial charge in [-0.3, -0.25) is 9.59 Å². The smallest absolute Gasteiger partial charge is 0.338 e. The third-order valence-electron chi connectivity index (χ3n) is 6.60. The molecular weight excluding hydrogens is 496 g/mol. The first kappa shape index (κ1) is 26.6. The van der Waals surface area contributed by atoms with Crippen LogP contribution >= 0.6 is 11.8 Å². The Bertz CT molecular complexity index is 1160. The summed E-state index contributed by atoms with van der Waals surface area (Å²) in [6.45, 7) is 7.34. The summed E-state index contributed by atoms with van der Waals surface area (Å²) in [5.41, 5.74) is 2.45. The van der Waals surface area contributed by atoms with Crippen LogP contribution in [0, 0.1) is 0 Å². The Kier molecular flexibility index (Phi) is 8.11. The highest BCUT2D eigenvalue weighted by molar-refractivity contribution is 8.16. The third-order valence-corrected chi connectivity index (χ3v) is 7.48. The SMILES string of the molecule is CCOC(=O)C1=C(C)N=C2SC=C(CC(=O)N3CCN(C(C)=O)CC3)N2C1c1cc(OC)cc(OC)c1. The summed E-state index contributed by atoms with van der Waals surface area (Å²) < 4.78 is 16.4. The van der Waals surface area contributed by atoms with Crippen LogP contribution in [-0.2, 0) is 19.1 Å². The van der Waals surface area contributed by atoms with Gasteiger partial charge in [0, 0.05) is 44.9 Å². The van der Waals surface area contributed by atoms with E-state index >= 15 is 0 Å². The van der Waals surface area contributed by atoms with Crippen molar-refractivity contribution < 1.29 is 28.6 Å². The lowest BCUT2D eigenvalue weighted by Crippen LogP contribution is -2.50. The zero-order valence-corrected chi connectivity index (χ0v) is 22.6. The highest BCUT2D eigenvalue weighted by Gasteiger charge is 2.42. The van der Waals surface area contributed by atoms with Crippen LogP contribution in [0.1, 0.15) is 38.8 Å². The van der Waals surface area contributed by atoms with E-state index in [1.54, 1.807) is 50.9 Å². The average Bonchev–Trinajstić information content (AvgIpc) is 3.29. The molecule has 198 valence electrons. The topological polar surface area (TPSA) is 101 Å². The van der Waals surface area contributed by atoms with Gasteiger partial charge in [0.1, 0.15) is 11.5 Å². The van der Waals surface area contributed by atoms with E-state index in [1.165, 1.54) is 11.8 Å². The van der Waals surface area contributed by atoms with E-state index in [9.17, 15) is 14.4 Å². The van der Waals surface area contributed by atoms with E-state index in [-0.39, 0.29) is 24.8 Å². The van der Waals surface area contributed by atoms with Crippen molar-refractivity contribution in [2.45, 2.75) is 33.2 Å². The van der Waals surface area contributed by atoms with Crippen LogP contribution in [0.5, 0.6) is 11.5 Å². The summed E-state index contributed by atoms with van der Waals surface area (Å²) in [6.07, 6.45) is 0.138. The number of hydrogen-bond acceptors (Lipinski definition) is 9. The average molecular weight is 529 g/mol. The number of carbonyl (C=O) groups is 3. The molecule has 0 aromatic heterocycles. The van der Waals surface area contributed by atoms with Crippen LogP contribution in [0.15, 0.2) is 45.6 Å². The molecule has 37 heavy (non-hydrogen) atoms. The van der Waals surface area contributed by atoms with Gasteiger partial charge in [-0.2, -0.15) is 0 Å². The van der Waals surface area contributed by atoms with Crippen molar-refractivity contribution >= 4 is 34.7 Å². The minimum Gasteiger partial charge on any atom is -0.497 e. The van der Waals surface area contributed by atoms with Crippen LogP contribution < -0.4 is 9.47 Å². The molecular formula is C26H32N4O6S. The zero-order valence-electron chi connectivity index (χ0n) is 21.8.